The molecule has 0 radical (unpaired) electrons. The molecule has 1 N–H and O–H groups in total. The summed E-state index contributed by atoms with van der Waals surface area (Å²) < 4.78 is 6.48. The molecule has 2 aromatic rings. The van der Waals surface area contributed by atoms with Gasteiger partial charge in [0.15, 0.2) is 0 Å². The Kier molecular flexibility index (Phi) is 5.77. The number of aromatic nitrogens is 2. The highest BCUT2D eigenvalue weighted by Gasteiger charge is 2.09. The normalized spacial score (nSPS) is 11.1. The number of nitrogens with zero attached hydrogens (tertiary/aromatic N) is 2. The highest BCUT2D eigenvalue weighted by molar-refractivity contribution is 9.10. The molecule has 0 bridgehead atoms. The van der Waals surface area contributed by atoms with Crippen molar-refractivity contribution in [1.82, 2.24) is 15.5 Å². The fraction of sp³-hybridized carbons (Fsp3) is 0.385. The van der Waals surface area contributed by atoms with Gasteiger partial charge in [0.1, 0.15) is 10.8 Å². The van der Waals surface area contributed by atoms with Crippen LogP contribution in [0.3, 0.4) is 0 Å². The predicted octanol–water partition coefficient (Wildman–Crippen LogP) is 4.49. The summed E-state index contributed by atoms with van der Waals surface area (Å²) in [6.45, 7) is 6.00. The molecule has 0 saturated carbocycles. The van der Waals surface area contributed by atoms with Gasteiger partial charge in [-0.05, 0) is 46.6 Å². The molecule has 0 aliphatic carbocycles. The molecule has 0 atom stereocenters. The Balaban J connectivity index is 1.95. The van der Waals surface area contributed by atoms with Gasteiger partial charge in [-0.15, -0.1) is 5.10 Å². The van der Waals surface area contributed by atoms with E-state index in [1.807, 2.05) is 0 Å². The van der Waals surface area contributed by atoms with Gasteiger partial charge in [0.05, 0.1) is 4.47 Å². The number of ether oxygens (including phenoxy) is 1. The van der Waals surface area contributed by atoms with Crippen molar-refractivity contribution in [2.24, 2.45) is 5.92 Å². The summed E-state index contributed by atoms with van der Waals surface area (Å²) >= 11 is 10.7. The summed E-state index contributed by atoms with van der Waals surface area (Å²) in [6.07, 6.45) is 0. The van der Waals surface area contributed by atoms with Gasteiger partial charge in [0.2, 0.25) is 0 Å². The Hall–Kier alpha value is -0.690. The highest BCUT2D eigenvalue weighted by atomic mass is 79.9. The highest BCUT2D eigenvalue weighted by Crippen LogP contribution is 2.32. The third kappa shape index (κ3) is 4.70. The van der Waals surface area contributed by atoms with Gasteiger partial charge in [0, 0.05) is 11.6 Å². The van der Waals surface area contributed by atoms with Crippen molar-refractivity contribution in [2.75, 3.05) is 6.54 Å². The standard InChI is InChI=1S/C13H15BrClN3OS/c1-8(2)6-16-7-12-17-18-13(20-12)19-11-4-3-9(15)5-10(11)14/h3-5,8,16H,6-7H2,1-2H3. The molecule has 0 unspecified atom stereocenters. The maximum absolute atomic E-state index is 5.89. The van der Waals surface area contributed by atoms with Crippen LogP contribution >= 0.6 is 38.9 Å². The number of nitrogens with one attached hydrogen (secondary N) is 1. The van der Waals surface area contributed by atoms with Crippen LogP contribution in [-0.2, 0) is 6.54 Å². The number of rotatable bonds is 6. The first-order chi connectivity index (χ1) is 9.54. The monoisotopic (exact) mass is 375 g/mol. The van der Waals surface area contributed by atoms with Crippen LogP contribution in [0.1, 0.15) is 18.9 Å². The number of benzene rings is 1. The molecular weight excluding hydrogens is 362 g/mol. The van der Waals surface area contributed by atoms with E-state index in [-0.39, 0.29) is 0 Å². The summed E-state index contributed by atoms with van der Waals surface area (Å²) in [5, 5.41) is 13.5. The lowest BCUT2D eigenvalue weighted by Crippen LogP contribution is -2.18. The lowest BCUT2D eigenvalue weighted by molar-refractivity contribution is 0.470. The van der Waals surface area contributed by atoms with Crippen molar-refractivity contribution < 1.29 is 4.74 Å². The average molecular weight is 377 g/mol. The second-order valence-electron chi connectivity index (χ2n) is 4.66. The Morgan fingerprint density at radius 1 is 1.40 bits per heavy atom. The van der Waals surface area contributed by atoms with Crippen molar-refractivity contribution in [1.29, 1.82) is 0 Å². The second-order valence-corrected chi connectivity index (χ2v) is 6.98. The zero-order chi connectivity index (χ0) is 14.5. The van der Waals surface area contributed by atoms with E-state index in [1.165, 1.54) is 11.3 Å². The van der Waals surface area contributed by atoms with Crippen molar-refractivity contribution in [2.45, 2.75) is 20.4 Å². The van der Waals surface area contributed by atoms with E-state index in [1.54, 1.807) is 18.2 Å². The Morgan fingerprint density at radius 2 is 2.20 bits per heavy atom. The fourth-order valence-electron chi connectivity index (χ4n) is 1.47. The molecule has 0 aliphatic heterocycles. The third-order valence-electron chi connectivity index (χ3n) is 2.37. The average Bonchev–Trinajstić information content (AvgIpc) is 2.80. The molecule has 20 heavy (non-hydrogen) atoms. The van der Waals surface area contributed by atoms with Crippen LogP contribution in [0.5, 0.6) is 10.9 Å². The molecule has 7 heteroatoms. The van der Waals surface area contributed by atoms with Crippen molar-refractivity contribution >= 4 is 38.9 Å². The van der Waals surface area contributed by atoms with Crippen LogP contribution in [0.2, 0.25) is 5.02 Å². The fourth-order valence-corrected chi connectivity index (χ4v) is 2.90. The maximum Gasteiger partial charge on any atom is 0.299 e. The summed E-state index contributed by atoms with van der Waals surface area (Å²) in [6, 6.07) is 5.35. The summed E-state index contributed by atoms with van der Waals surface area (Å²) in [5.74, 6) is 1.29. The molecule has 2 rings (SSSR count). The lowest BCUT2D eigenvalue weighted by Gasteiger charge is -2.04. The first-order valence-corrected chi connectivity index (χ1v) is 8.19. The molecular formula is C13H15BrClN3OS. The Labute approximate surface area is 135 Å². The Morgan fingerprint density at radius 3 is 2.90 bits per heavy atom. The van der Waals surface area contributed by atoms with Gasteiger partial charge < -0.3 is 10.1 Å². The maximum atomic E-state index is 5.89. The molecule has 1 heterocycles. The van der Waals surface area contributed by atoms with Gasteiger partial charge in [-0.3, -0.25) is 0 Å². The minimum Gasteiger partial charge on any atom is -0.429 e. The topological polar surface area (TPSA) is 47.0 Å². The summed E-state index contributed by atoms with van der Waals surface area (Å²) in [5.41, 5.74) is 0. The van der Waals surface area contributed by atoms with Crippen molar-refractivity contribution in [3.63, 3.8) is 0 Å². The predicted molar refractivity (Wildman–Crippen MR) is 85.7 cm³/mol. The van der Waals surface area contributed by atoms with Crippen LogP contribution in [-0.4, -0.2) is 16.7 Å². The Bertz CT molecular complexity index is 576. The summed E-state index contributed by atoms with van der Waals surface area (Å²) in [7, 11) is 0. The minimum atomic E-state index is 0.523. The van der Waals surface area contributed by atoms with E-state index in [0.717, 1.165) is 16.0 Å². The SMILES string of the molecule is CC(C)CNCc1nnc(Oc2ccc(Cl)cc2Br)s1. The van der Waals surface area contributed by atoms with Crippen LogP contribution < -0.4 is 10.1 Å². The van der Waals surface area contributed by atoms with E-state index in [2.05, 4.69) is 45.3 Å². The molecule has 108 valence electrons. The molecule has 0 aliphatic rings. The van der Waals surface area contributed by atoms with Crippen molar-refractivity contribution in [3.8, 4) is 10.9 Å². The van der Waals surface area contributed by atoms with Gasteiger partial charge in [0.25, 0.3) is 5.19 Å². The minimum absolute atomic E-state index is 0.523. The van der Waals surface area contributed by atoms with Gasteiger partial charge in [-0.25, -0.2) is 0 Å². The third-order valence-corrected chi connectivity index (χ3v) is 4.02. The number of hydrogen-bond donors (Lipinski definition) is 1. The van der Waals surface area contributed by atoms with E-state index in [4.69, 9.17) is 16.3 Å². The van der Waals surface area contributed by atoms with E-state index in [0.29, 0.717) is 28.4 Å². The second kappa shape index (κ2) is 7.36. The first-order valence-electron chi connectivity index (χ1n) is 6.20. The van der Waals surface area contributed by atoms with E-state index >= 15 is 0 Å². The smallest absolute Gasteiger partial charge is 0.299 e. The van der Waals surface area contributed by atoms with E-state index < -0.39 is 0 Å². The van der Waals surface area contributed by atoms with E-state index in [9.17, 15) is 0 Å². The summed E-state index contributed by atoms with van der Waals surface area (Å²) in [4.78, 5) is 0. The van der Waals surface area contributed by atoms with Crippen LogP contribution in [0.4, 0.5) is 0 Å². The molecule has 0 amide bonds. The first kappa shape index (κ1) is 15.7. The quantitative estimate of drug-likeness (QED) is 0.807. The molecule has 4 nitrogen and oxygen atoms in total. The molecule has 1 aromatic heterocycles. The van der Waals surface area contributed by atoms with Crippen LogP contribution in [0, 0.1) is 5.92 Å². The molecule has 0 spiro atoms. The molecule has 0 fully saturated rings. The van der Waals surface area contributed by atoms with Gasteiger partial charge >= 0.3 is 0 Å². The molecule has 0 saturated heterocycles. The number of hydrogen-bond acceptors (Lipinski definition) is 5. The van der Waals surface area contributed by atoms with Gasteiger partial charge in [-0.2, -0.15) is 0 Å². The molecule has 1 aromatic carbocycles. The number of halogens is 2. The van der Waals surface area contributed by atoms with Crippen molar-refractivity contribution in [3.05, 3.63) is 32.7 Å². The van der Waals surface area contributed by atoms with Crippen LogP contribution in [0.25, 0.3) is 0 Å². The van der Waals surface area contributed by atoms with Gasteiger partial charge in [-0.1, -0.05) is 41.9 Å². The zero-order valence-corrected chi connectivity index (χ0v) is 14.3. The lowest BCUT2D eigenvalue weighted by atomic mass is 10.2. The largest absolute Gasteiger partial charge is 0.429 e. The van der Waals surface area contributed by atoms with Crippen LogP contribution in [0.15, 0.2) is 22.7 Å². The zero-order valence-electron chi connectivity index (χ0n) is 11.2.